The van der Waals surface area contributed by atoms with Gasteiger partial charge in [0.15, 0.2) is 0 Å². The molecule has 3 heteroatoms. The molecule has 3 nitrogen and oxygen atoms in total. The molecule has 0 radical (unpaired) electrons. The number of benzene rings is 1. The molecule has 0 spiro atoms. The number of H-pyrrole nitrogens is 1. The highest BCUT2D eigenvalue weighted by Crippen LogP contribution is 2.28. The van der Waals surface area contributed by atoms with E-state index >= 15 is 0 Å². The van der Waals surface area contributed by atoms with Crippen LogP contribution >= 0.6 is 0 Å². The molecule has 3 rings (SSSR count). The van der Waals surface area contributed by atoms with Crippen LogP contribution in [0, 0.1) is 6.92 Å². The van der Waals surface area contributed by atoms with Crippen LogP contribution < -0.4 is 0 Å². The zero-order valence-electron chi connectivity index (χ0n) is 11.7. The third kappa shape index (κ3) is 2.43. The van der Waals surface area contributed by atoms with Gasteiger partial charge >= 0.3 is 0 Å². The summed E-state index contributed by atoms with van der Waals surface area (Å²) >= 11 is 0. The van der Waals surface area contributed by atoms with Gasteiger partial charge in [-0.2, -0.15) is 5.10 Å². The molecule has 0 saturated carbocycles. The van der Waals surface area contributed by atoms with E-state index in [1.165, 1.54) is 35.3 Å². The molecule has 2 aromatic rings. The van der Waals surface area contributed by atoms with Gasteiger partial charge in [-0.05, 0) is 26.0 Å². The molecule has 100 valence electrons. The number of rotatable bonds is 3. The monoisotopic (exact) mass is 255 g/mol. The number of nitrogens with zero attached hydrogens (tertiary/aromatic N) is 2. The summed E-state index contributed by atoms with van der Waals surface area (Å²) < 4.78 is 0. The summed E-state index contributed by atoms with van der Waals surface area (Å²) in [5, 5.41) is 7.78. The van der Waals surface area contributed by atoms with Gasteiger partial charge in [-0.15, -0.1) is 0 Å². The van der Waals surface area contributed by atoms with Crippen LogP contribution in [0.1, 0.15) is 30.2 Å². The summed E-state index contributed by atoms with van der Waals surface area (Å²) in [6.45, 7) is 7.73. The SMILES string of the molecule is CCCN1CCc2[nH]nc(-c3cccc(C)c3)c2C1. The van der Waals surface area contributed by atoms with Crippen LogP contribution in [0.15, 0.2) is 24.3 Å². The summed E-state index contributed by atoms with van der Waals surface area (Å²) in [6, 6.07) is 8.61. The Kier molecular flexibility index (Phi) is 3.38. The summed E-state index contributed by atoms with van der Waals surface area (Å²) in [7, 11) is 0. The highest BCUT2D eigenvalue weighted by Gasteiger charge is 2.22. The van der Waals surface area contributed by atoms with Crippen molar-refractivity contribution in [3.05, 3.63) is 41.1 Å². The Morgan fingerprint density at radius 3 is 3.05 bits per heavy atom. The van der Waals surface area contributed by atoms with Gasteiger partial charge in [0.25, 0.3) is 0 Å². The highest BCUT2D eigenvalue weighted by molar-refractivity contribution is 5.65. The number of nitrogens with one attached hydrogen (secondary N) is 1. The molecule has 0 amide bonds. The normalized spacial score (nSPS) is 15.5. The van der Waals surface area contributed by atoms with Crippen molar-refractivity contribution in [1.29, 1.82) is 0 Å². The fourth-order valence-electron chi connectivity index (χ4n) is 2.89. The maximum absolute atomic E-state index is 4.55. The van der Waals surface area contributed by atoms with Crippen molar-refractivity contribution in [3.8, 4) is 11.3 Å². The van der Waals surface area contributed by atoms with Crippen LogP contribution in [-0.2, 0) is 13.0 Å². The molecule has 1 aromatic heterocycles. The molecule has 0 bridgehead atoms. The van der Waals surface area contributed by atoms with E-state index in [0.717, 1.165) is 25.2 Å². The minimum absolute atomic E-state index is 1.03. The van der Waals surface area contributed by atoms with Crippen molar-refractivity contribution in [2.45, 2.75) is 33.2 Å². The number of aryl methyl sites for hydroxylation is 1. The highest BCUT2D eigenvalue weighted by atomic mass is 15.2. The minimum Gasteiger partial charge on any atom is -0.299 e. The predicted octanol–water partition coefficient (Wildman–Crippen LogP) is 3.15. The van der Waals surface area contributed by atoms with Crippen LogP contribution in [0.3, 0.4) is 0 Å². The van der Waals surface area contributed by atoms with E-state index in [1.54, 1.807) is 0 Å². The molecule has 0 atom stereocenters. The van der Waals surface area contributed by atoms with Crippen LogP contribution in [0.5, 0.6) is 0 Å². The molecule has 1 aliphatic heterocycles. The number of hydrogen-bond donors (Lipinski definition) is 1. The van der Waals surface area contributed by atoms with Crippen LogP contribution in [0.2, 0.25) is 0 Å². The van der Waals surface area contributed by atoms with Crippen LogP contribution in [0.25, 0.3) is 11.3 Å². The average Bonchev–Trinajstić information content (AvgIpc) is 2.82. The molecule has 1 N–H and O–H groups in total. The quantitative estimate of drug-likeness (QED) is 0.913. The number of aromatic nitrogens is 2. The predicted molar refractivity (Wildman–Crippen MR) is 78.0 cm³/mol. The van der Waals surface area contributed by atoms with Gasteiger partial charge in [0.1, 0.15) is 0 Å². The van der Waals surface area contributed by atoms with E-state index in [-0.39, 0.29) is 0 Å². The van der Waals surface area contributed by atoms with E-state index in [4.69, 9.17) is 0 Å². The molecule has 0 unspecified atom stereocenters. The second-order valence-corrected chi connectivity index (χ2v) is 5.42. The fourth-order valence-corrected chi connectivity index (χ4v) is 2.89. The lowest BCUT2D eigenvalue weighted by Crippen LogP contribution is -2.31. The Morgan fingerprint density at radius 1 is 1.37 bits per heavy atom. The molecule has 2 heterocycles. The van der Waals surface area contributed by atoms with Crippen molar-refractivity contribution in [3.63, 3.8) is 0 Å². The zero-order chi connectivity index (χ0) is 13.2. The van der Waals surface area contributed by atoms with Gasteiger partial charge in [0, 0.05) is 36.3 Å². The Morgan fingerprint density at radius 2 is 2.26 bits per heavy atom. The first-order valence-electron chi connectivity index (χ1n) is 7.13. The lowest BCUT2D eigenvalue weighted by molar-refractivity contribution is 0.254. The van der Waals surface area contributed by atoms with Gasteiger partial charge < -0.3 is 0 Å². The number of hydrogen-bond acceptors (Lipinski definition) is 2. The van der Waals surface area contributed by atoms with Crippen molar-refractivity contribution >= 4 is 0 Å². The van der Waals surface area contributed by atoms with E-state index in [9.17, 15) is 0 Å². The van der Waals surface area contributed by atoms with E-state index in [0.29, 0.717) is 0 Å². The Bertz CT molecular complexity index is 571. The van der Waals surface area contributed by atoms with Crippen molar-refractivity contribution < 1.29 is 0 Å². The van der Waals surface area contributed by atoms with E-state index in [2.05, 4.69) is 53.2 Å². The average molecular weight is 255 g/mol. The zero-order valence-corrected chi connectivity index (χ0v) is 11.7. The first-order valence-corrected chi connectivity index (χ1v) is 7.13. The fraction of sp³-hybridized carbons (Fsp3) is 0.438. The van der Waals surface area contributed by atoms with Gasteiger partial charge in [-0.3, -0.25) is 10.00 Å². The van der Waals surface area contributed by atoms with E-state index < -0.39 is 0 Å². The first-order chi connectivity index (χ1) is 9.28. The summed E-state index contributed by atoms with van der Waals surface area (Å²) in [6.07, 6.45) is 2.31. The molecule has 0 fully saturated rings. The smallest absolute Gasteiger partial charge is 0.0968 e. The maximum atomic E-state index is 4.55. The first kappa shape index (κ1) is 12.4. The van der Waals surface area contributed by atoms with Crippen LogP contribution in [-0.4, -0.2) is 28.2 Å². The maximum Gasteiger partial charge on any atom is 0.0968 e. The Labute approximate surface area is 114 Å². The number of fused-ring (bicyclic) bond motifs is 1. The molecular formula is C16H21N3. The van der Waals surface area contributed by atoms with Gasteiger partial charge in [-0.1, -0.05) is 30.7 Å². The third-order valence-corrected chi connectivity index (χ3v) is 3.84. The lowest BCUT2D eigenvalue weighted by atomic mass is 10.00. The number of aromatic amines is 1. The Balaban J connectivity index is 1.95. The second kappa shape index (κ2) is 5.17. The second-order valence-electron chi connectivity index (χ2n) is 5.42. The van der Waals surface area contributed by atoms with Gasteiger partial charge in [-0.25, -0.2) is 0 Å². The van der Waals surface area contributed by atoms with Crippen molar-refractivity contribution in [2.75, 3.05) is 13.1 Å². The van der Waals surface area contributed by atoms with Gasteiger partial charge in [0.2, 0.25) is 0 Å². The largest absolute Gasteiger partial charge is 0.299 e. The third-order valence-electron chi connectivity index (χ3n) is 3.84. The topological polar surface area (TPSA) is 31.9 Å². The van der Waals surface area contributed by atoms with Gasteiger partial charge in [0.05, 0.1) is 5.69 Å². The lowest BCUT2D eigenvalue weighted by Gasteiger charge is -2.26. The summed E-state index contributed by atoms with van der Waals surface area (Å²) in [5.41, 5.74) is 6.37. The standard InChI is InChI=1S/C16H21N3/c1-3-8-19-9-7-15-14(11-19)16(18-17-15)13-6-4-5-12(2)10-13/h4-6,10H,3,7-9,11H2,1-2H3,(H,17,18). The molecule has 0 saturated heterocycles. The molecule has 19 heavy (non-hydrogen) atoms. The van der Waals surface area contributed by atoms with Crippen molar-refractivity contribution in [1.82, 2.24) is 15.1 Å². The molecule has 1 aromatic carbocycles. The summed E-state index contributed by atoms with van der Waals surface area (Å²) in [4.78, 5) is 2.52. The van der Waals surface area contributed by atoms with Crippen molar-refractivity contribution in [2.24, 2.45) is 0 Å². The molecular weight excluding hydrogens is 234 g/mol. The Hall–Kier alpha value is -1.61. The van der Waals surface area contributed by atoms with Crippen LogP contribution in [0.4, 0.5) is 0 Å². The minimum atomic E-state index is 1.03. The van der Waals surface area contributed by atoms with E-state index in [1.807, 2.05) is 0 Å². The molecule has 1 aliphatic rings. The molecule has 0 aliphatic carbocycles. The summed E-state index contributed by atoms with van der Waals surface area (Å²) in [5.74, 6) is 0.